The third-order valence-corrected chi connectivity index (χ3v) is 3.49. The third kappa shape index (κ3) is 3.22. The molecule has 1 aromatic carbocycles. The molecule has 2 N–H and O–H groups in total. The van der Waals surface area contributed by atoms with Crippen LogP contribution in [0.2, 0.25) is 0 Å². The molecular weight excluding hydrogens is 228 g/mol. The summed E-state index contributed by atoms with van der Waals surface area (Å²) < 4.78 is 5.38. The fourth-order valence-corrected chi connectivity index (χ4v) is 2.46. The number of nitrogens with one attached hydrogen (secondary N) is 1. The molecule has 100 valence electrons. The van der Waals surface area contributed by atoms with Crippen molar-refractivity contribution >= 4 is 0 Å². The van der Waals surface area contributed by atoms with E-state index >= 15 is 0 Å². The summed E-state index contributed by atoms with van der Waals surface area (Å²) in [7, 11) is 1.68. The lowest BCUT2D eigenvalue weighted by Gasteiger charge is -2.30. The van der Waals surface area contributed by atoms with Crippen LogP contribution in [0.15, 0.2) is 24.3 Å². The van der Waals surface area contributed by atoms with Gasteiger partial charge >= 0.3 is 0 Å². The standard InChI is InChI=1S/C14H22N2O2/c1-18-14-5-3-2-4-13(14)12(11-17)10-16-8-6-15-7-9-16/h2-5,12,15,17H,6-11H2,1H3. The number of nitrogens with zero attached hydrogens (tertiary/aromatic N) is 1. The zero-order chi connectivity index (χ0) is 12.8. The van der Waals surface area contributed by atoms with Gasteiger partial charge in [0, 0.05) is 44.2 Å². The highest BCUT2D eigenvalue weighted by atomic mass is 16.5. The molecule has 4 heteroatoms. The van der Waals surface area contributed by atoms with E-state index in [1.54, 1.807) is 7.11 Å². The molecule has 0 bridgehead atoms. The number of para-hydroxylation sites is 1. The average molecular weight is 250 g/mol. The van der Waals surface area contributed by atoms with Crippen LogP contribution < -0.4 is 10.1 Å². The van der Waals surface area contributed by atoms with Crippen molar-refractivity contribution < 1.29 is 9.84 Å². The Labute approximate surface area is 109 Å². The first kappa shape index (κ1) is 13.3. The molecule has 1 heterocycles. The highest BCUT2D eigenvalue weighted by Crippen LogP contribution is 2.26. The molecule has 0 aliphatic carbocycles. The Kier molecular flexibility index (Phi) is 4.99. The lowest BCUT2D eigenvalue weighted by atomic mass is 9.98. The second-order valence-electron chi connectivity index (χ2n) is 4.67. The van der Waals surface area contributed by atoms with E-state index in [-0.39, 0.29) is 12.5 Å². The quantitative estimate of drug-likeness (QED) is 0.806. The van der Waals surface area contributed by atoms with E-state index in [1.807, 2.05) is 24.3 Å². The van der Waals surface area contributed by atoms with Crippen LogP contribution in [-0.2, 0) is 0 Å². The van der Waals surface area contributed by atoms with Gasteiger partial charge in [0.15, 0.2) is 0 Å². The number of benzene rings is 1. The second-order valence-corrected chi connectivity index (χ2v) is 4.67. The minimum atomic E-state index is 0.124. The molecule has 1 unspecified atom stereocenters. The van der Waals surface area contributed by atoms with Crippen LogP contribution in [0.3, 0.4) is 0 Å². The second kappa shape index (κ2) is 6.73. The first-order valence-corrected chi connectivity index (χ1v) is 6.52. The molecule has 1 saturated heterocycles. The number of methoxy groups -OCH3 is 1. The van der Waals surface area contributed by atoms with Gasteiger partial charge in [-0.3, -0.25) is 0 Å². The Bertz CT molecular complexity index is 365. The van der Waals surface area contributed by atoms with Crippen LogP contribution in [0.4, 0.5) is 0 Å². The van der Waals surface area contributed by atoms with E-state index in [9.17, 15) is 5.11 Å². The highest BCUT2D eigenvalue weighted by Gasteiger charge is 2.19. The lowest BCUT2D eigenvalue weighted by Crippen LogP contribution is -2.45. The number of aliphatic hydroxyl groups excluding tert-OH is 1. The molecule has 1 aromatic rings. The van der Waals surface area contributed by atoms with E-state index in [0.717, 1.165) is 44.0 Å². The zero-order valence-electron chi connectivity index (χ0n) is 10.9. The fourth-order valence-electron chi connectivity index (χ4n) is 2.46. The maximum Gasteiger partial charge on any atom is 0.122 e. The molecule has 0 amide bonds. The number of hydrogen-bond donors (Lipinski definition) is 2. The fraction of sp³-hybridized carbons (Fsp3) is 0.571. The molecule has 1 aliphatic rings. The van der Waals surface area contributed by atoms with Crippen molar-refractivity contribution in [2.75, 3.05) is 46.4 Å². The molecule has 0 radical (unpaired) electrons. The van der Waals surface area contributed by atoms with Crippen molar-refractivity contribution in [1.29, 1.82) is 0 Å². The van der Waals surface area contributed by atoms with E-state index in [2.05, 4.69) is 10.2 Å². The molecule has 1 aliphatic heterocycles. The van der Waals surface area contributed by atoms with Crippen LogP contribution in [0.25, 0.3) is 0 Å². The number of piperazine rings is 1. The number of rotatable bonds is 5. The summed E-state index contributed by atoms with van der Waals surface area (Å²) in [6.07, 6.45) is 0. The Morgan fingerprint density at radius 1 is 1.33 bits per heavy atom. The van der Waals surface area contributed by atoms with E-state index in [4.69, 9.17) is 4.74 Å². The summed E-state index contributed by atoms with van der Waals surface area (Å²) in [4.78, 5) is 2.39. The maximum absolute atomic E-state index is 9.63. The highest BCUT2D eigenvalue weighted by molar-refractivity contribution is 5.36. The van der Waals surface area contributed by atoms with Gasteiger partial charge < -0.3 is 20.1 Å². The van der Waals surface area contributed by atoms with Gasteiger partial charge in [0.05, 0.1) is 13.7 Å². The van der Waals surface area contributed by atoms with Gasteiger partial charge in [-0.2, -0.15) is 0 Å². The smallest absolute Gasteiger partial charge is 0.122 e. The number of ether oxygens (including phenoxy) is 1. The Morgan fingerprint density at radius 3 is 2.72 bits per heavy atom. The van der Waals surface area contributed by atoms with Gasteiger partial charge in [-0.1, -0.05) is 18.2 Å². The molecule has 4 nitrogen and oxygen atoms in total. The topological polar surface area (TPSA) is 44.7 Å². The predicted octanol–water partition coefficient (Wildman–Crippen LogP) is 0.676. The summed E-state index contributed by atoms with van der Waals surface area (Å²) in [5.74, 6) is 0.992. The molecular formula is C14H22N2O2. The Hall–Kier alpha value is -1.10. The summed E-state index contributed by atoms with van der Waals surface area (Å²) in [5.41, 5.74) is 1.10. The van der Waals surface area contributed by atoms with Crippen LogP contribution >= 0.6 is 0 Å². The van der Waals surface area contributed by atoms with E-state index < -0.39 is 0 Å². The van der Waals surface area contributed by atoms with Crippen LogP contribution in [0.1, 0.15) is 11.5 Å². The normalized spacial score (nSPS) is 18.6. The average Bonchev–Trinajstić information content (AvgIpc) is 2.46. The summed E-state index contributed by atoms with van der Waals surface area (Å²) in [5, 5.41) is 13.0. The van der Waals surface area contributed by atoms with Crippen LogP contribution in [0, 0.1) is 0 Å². The predicted molar refractivity (Wildman–Crippen MR) is 72.1 cm³/mol. The molecule has 0 spiro atoms. The minimum Gasteiger partial charge on any atom is -0.496 e. The minimum absolute atomic E-state index is 0.124. The molecule has 1 fully saturated rings. The maximum atomic E-state index is 9.63. The number of aliphatic hydroxyl groups is 1. The zero-order valence-corrected chi connectivity index (χ0v) is 10.9. The molecule has 0 aromatic heterocycles. The molecule has 0 saturated carbocycles. The van der Waals surface area contributed by atoms with Gasteiger partial charge in [-0.25, -0.2) is 0 Å². The molecule has 18 heavy (non-hydrogen) atoms. The van der Waals surface area contributed by atoms with Crippen molar-refractivity contribution in [1.82, 2.24) is 10.2 Å². The van der Waals surface area contributed by atoms with Gasteiger partial charge in [-0.15, -0.1) is 0 Å². The lowest BCUT2D eigenvalue weighted by molar-refractivity contribution is 0.184. The van der Waals surface area contributed by atoms with Crippen LogP contribution in [0.5, 0.6) is 5.75 Å². The van der Waals surface area contributed by atoms with Crippen LogP contribution in [-0.4, -0.2) is 56.4 Å². The molecule has 1 atom stereocenters. The Balaban J connectivity index is 2.07. The van der Waals surface area contributed by atoms with Crippen molar-refractivity contribution in [3.63, 3.8) is 0 Å². The Morgan fingerprint density at radius 2 is 2.06 bits per heavy atom. The van der Waals surface area contributed by atoms with Crippen molar-refractivity contribution in [3.8, 4) is 5.75 Å². The largest absolute Gasteiger partial charge is 0.496 e. The van der Waals surface area contributed by atoms with E-state index in [1.165, 1.54) is 0 Å². The van der Waals surface area contributed by atoms with Crippen molar-refractivity contribution in [2.45, 2.75) is 5.92 Å². The van der Waals surface area contributed by atoms with Gasteiger partial charge in [0.2, 0.25) is 0 Å². The van der Waals surface area contributed by atoms with Crippen molar-refractivity contribution in [3.05, 3.63) is 29.8 Å². The monoisotopic (exact) mass is 250 g/mol. The summed E-state index contributed by atoms with van der Waals surface area (Å²) in [6.45, 7) is 5.20. The summed E-state index contributed by atoms with van der Waals surface area (Å²) >= 11 is 0. The van der Waals surface area contributed by atoms with Crippen molar-refractivity contribution in [2.24, 2.45) is 0 Å². The third-order valence-electron chi connectivity index (χ3n) is 3.49. The van der Waals surface area contributed by atoms with Gasteiger partial charge in [0.25, 0.3) is 0 Å². The number of hydrogen-bond acceptors (Lipinski definition) is 4. The van der Waals surface area contributed by atoms with Gasteiger partial charge in [-0.05, 0) is 6.07 Å². The first-order chi connectivity index (χ1) is 8.85. The molecule has 2 rings (SSSR count). The first-order valence-electron chi connectivity index (χ1n) is 6.52. The SMILES string of the molecule is COc1ccccc1C(CO)CN1CCNCC1. The van der Waals surface area contributed by atoms with E-state index in [0.29, 0.717) is 0 Å². The van der Waals surface area contributed by atoms with Gasteiger partial charge in [0.1, 0.15) is 5.75 Å². The summed E-state index contributed by atoms with van der Waals surface area (Å²) in [6, 6.07) is 7.96.